The summed E-state index contributed by atoms with van der Waals surface area (Å²) in [5, 5.41) is 16.8. The smallest absolute Gasteiger partial charge is 0.321 e. The number of hydrogen-bond acceptors (Lipinski definition) is 11. The number of furan rings is 2. The summed E-state index contributed by atoms with van der Waals surface area (Å²) in [5.41, 5.74) is 15.4. The average Bonchev–Trinajstić information content (AvgIpc) is 4.06. The molecule has 4 fully saturated rings. The van der Waals surface area contributed by atoms with Crippen LogP contribution >= 0.6 is 0 Å². The number of rotatable bonds is 11. The number of amides is 7. The fraction of sp³-hybridized carbons (Fsp3) is 0.471. The lowest BCUT2D eigenvalue weighted by Crippen LogP contribution is -2.49. The number of aromatic nitrogens is 2. The number of carbonyl (C=O) groups excluding carboxylic acids is 6. The topological polar surface area (TPSA) is 264 Å². The molecule has 69 heavy (non-hydrogen) atoms. The Labute approximate surface area is 399 Å². The number of nitrogens with one attached hydrogen (secondary N) is 2. The van der Waals surface area contributed by atoms with Crippen molar-refractivity contribution in [3.8, 4) is 6.07 Å². The summed E-state index contributed by atoms with van der Waals surface area (Å²) in [6.07, 6.45) is 8.61. The average molecular weight is 939 g/mol. The van der Waals surface area contributed by atoms with E-state index in [2.05, 4.69) is 55.8 Å². The van der Waals surface area contributed by atoms with E-state index in [0.29, 0.717) is 73.9 Å². The molecule has 1 saturated carbocycles. The summed E-state index contributed by atoms with van der Waals surface area (Å²) in [6.45, 7) is 5.19. The molecule has 360 valence electrons. The third kappa shape index (κ3) is 9.72. The van der Waals surface area contributed by atoms with E-state index in [1.54, 1.807) is 47.9 Å². The minimum absolute atomic E-state index is 0.0645. The molecule has 3 saturated heterocycles. The first kappa shape index (κ1) is 46.8. The summed E-state index contributed by atoms with van der Waals surface area (Å²) in [5.74, 6) is -2.75. The van der Waals surface area contributed by atoms with Crippen LogP contribution in [0.2, 0.25) is 0 Å². The number of nitriles is 1. The van der Waals surface area contributed by atoms with Crippen molar-refractivity contribution in [2.45, 2.75) is 109 Å². The van der Waals surface area contributed by atoms with Gasteiger partial charge in [0.1, 0.15) is 17.4 Å². The van der Waals surface area contributed by atoms with E-state index >= 15 is 0 Å². The van der Waals surface area contributed by atoms with Crippen LogP contribution < -0.4 is 22.1 Å². The van der Waals surface area contributed by atoms with E-state index in [9.17, 15) is 34.0 Å². The fourth-order valence-electron chi connectivity index (χ4n) is 11.0. The Kier molecular flexibility index (Phi) is 13.4. The Bertz CT molecular complexity index is 2870. The van der Waals surface area contributed by atoms with Crippen molar-refractivity contribution in [3.63, 3.8) is 0 Å². The van der Waals surface area contributed by atoms with Gasteiger partial charge in [-0.05, 0) is 113 Å². The zero-order chi connectivity index (χ0) is 48.5. The molecule has 3 aliphatic heterocycles. The highest BCUT2D eigenvalue weighted by molar-refractivity contribution is 6.10. The number of fused-ring (bicyclic) bond motifs is 2. The lowest BCUT2D eigenvalue weighted by Gasteiger charge is -2.40. The van der Waals surface area contributed by atoms with Crippen LogP contribution in [-0.2, 0) is 14.4 Å². The van der Waals surface area contributed by atoms with Crippen LogP contribution in [0.1, 0.15) is 133 Å². The molecule has 1 aliphatic carbocycles. The van der Waals surface area contributed by atoms with Crippen LogP contribution in [0.25, 0.3) is 22.2 Å². The fourth-order valence-corrected chi connectivity index (χ4v) is 11.0. The van der Waals surface area contributed by atoms with Crippen LogP contribution in [0.4, 0.5) is 16.2 Å². The first-order valence-corrected chi connectivity index (χ1v) is 24.1. The van der Waals surface area contributed by atoms with Gasteiger partial charge in [0.15, 0.2) is 0 Å². The number of anilines is 2. The molecule has 18 heteroatoms. The van der Waals surface area contributed by atoms with Gasteiger partial charge in [0, 0.05) is 55.8 Å². The van der Waals surface area contributed by atoms with Crippen LogP contribution in [0.5, 0.6) is 0 Å². The normalized spacial score (nSPS) is 22.9. The molecule has 3 unspecified atom stereocenters. The summed E-state index contributed by atoms with van der Waals surface area (Å²) in [7, 11) is 0. The van der Waals surface area contributed by atoms with Crippen molar-refractivity contribution in [3.05, 3.63) is 82.6 Å². The Morgan fingerprint density at radius 2 is 1.32 bits per heavy atom. The number of benzene rings is 1. The molecule has 0 radical (unpaired) electrons. The molecule has 1 aromatic carbocycles. The van der Waals surface area contributed by atoms with Gasteiger partial charge in [0.2, 0.25) is 40.7 Å². The number of carbonyl (C=O) groups is 6. The van der Waals surface area contributed by atoms with Crippen LogP contribution in [0, 0.1) is 42.9 Å². The second kappa shape index (κ2) is 19.7. The maximum absolute atomic E-state index is 14.4. The second-order valence-electron chi connectivity index (χ2n) is 19.3. The maximum atomic E-state index is 14.4. The lowest BCUT2D eigenvalue weighted by molar-refractivity contribution is -0.141. The Balaban J connectivity index is 0.798. The van der Waals surface area contributed by atoms with Crippen molar-refractivity contribution in [1.82, 2.24) is 24.7 Å². The molecule has 6 N–H and O–H groups in total. The number of urea groups is 1. The van der Waals surface area contributed by atoms with Gasteiger partial charge in [-0.2, -0.15) is 5.26 Å². The molecule has 5 aromatic rings. The number of likely N-dealkylation sites (tertiary alicyclic amines) is 3. The van der Waals surface area contributed by atoms with Gasteiger partial charge < -0.3 is 45.6 Å². The molecule has 6 atom stereocenters. The van der Waals surface area contributed by atoms with E-state index in [-0.39, 0.29) is 88.8 Å². The number of nitrogens with zero attached hydrogens (tertiary/aromatic N) is 6. The summed E-state index contributed by atoms with van der Waals surface area (Å²) >= 11 is 0. The van der Waals surface area contributed by atoms with Crippen molar-refractivity contribution >= 4 is 69.1 Å². The lowest BCUT2D eigenvalue weighted by atomic mass is 9.78. The van der Waals surface area contributed by atoms with Crippen LogP contribution in [0.3, 0.4) is 0 Å². The standard InChI is InChI=1S/C51H58N10O8/c1-28-11-18-37-41(43(45(53)63)68-47(37)55-28)57-40(62)20-13-30-7-5-8-33(23-30)49(65)60-22-4-3-10-39(60)32-16-14-31(15-17-32)35-24-36(25-52)61(27-35)50(66)34-9-6-21-59(26-34)51(67)58-42-38-19-12-29(2)56-48(38)69-44(42)46(54)64/h11-12,14-19,30,33-36,39H,3-10,13,20-24,26-27H2,1-2H3,(H2,53,63)(H2,54,64)(H,57,62)(H,58,67)/t30?,33-,34-,35?,36+,39?/m1/s1. The van der Waals surface area contributed by atoms with Gasteiger partial charge in [-0.25, -0.2) is 14.8 Å². The van der Waals surface area contributed by atoms with Gasteiger partial charge in [-0.3, -0.25) is 24.0 Å². The zero-order valence-electron chi connectivity index (χ0n) is 39.0. The van der Waals surface area contributed by atoms with E-state index < -0.39 is 29.8 Å². The number of pyridine rings is 2. The van der Waals surface area contributed by atoms with E-state index in [1.807, 2.05) is 0 Å². The number of primary amides is 2. The number of aryl methyl sites for hydroxylation is 2. The minimum atomic E-state index is -0.846. The summed E-state index contributed by atoms with van der Waals surface area (Å²) in [4.78, 5) is 93.6. The van der Waals surface area contributed by atoms with Crippen LogP contribution in [0.15, 0.2) is 57.4 Å². The SMILES string of the molecule is Cc1ccc2c(NC(=O)CCC3CCC[C@@H](C(=O)N4CCCCC4c4ccc(C5C[C@@H](C#N)N(C(=O)[C@@H]6CCCN(C(=O)Nc7c(C(N)=O)oc8nc(C)ccc78)C6)C5)cc4)C3)c(C(N)=O)oc2n1. The van der Waals surface area contributed by atoms with E-state index in [0.717, 1.165) is 49.7 Å². The molecule has 18 nitrogen and oxygen atoms in total. The van der Waals surface area contributed by atoms with Gasteiger partial charge in [-0.15, -0.1) is 0 Å². The van der Waals surface area contributed by atoms with Gasteiger partial charge >= 0.3 is 6.03 Å². The number of nitrogens with two attached hydrogens (primary N) is 2. The monoisotopic (exact) mass is 938 g/mol. The predicted molar refractivity (Wildman–Crippen MR) is 254 cm³/mol. The van der Waals surface area contributed by atoms with Gasteiger partial charge in [0.25, 0.3) is 11.8 Å². The van der Waals surface area contributed by atoms with Gasteiger partial charge in [-0.1, -0.05) is 37.1 Å². The highest BCUT2D eigenvalue weighted by Crippen LogP contribution is 2.40. The van der Waals surface area contributed by atoms with Crippen LogP contribution in [-0.4, -0.2) is 92.5 Å². The molecule has 4 aromatic heterocycles. The second-order valence-corrected chi connectivity index (χ2v) is 19.3. The Hall–Kier alpha value is -7.29. The Morgan fingerprint density at radius 3 is 1.97 bits per heavy atom. The quantitative estimate of drug-likeness (QED) is 0.103. The third-order valence-corrected chi connectivity index (χ3v) is 14.6. The molecule has 7 amide bonds. The maximum Gasteiger partial charge on any atom is 0.321 e. The highest BCUT2D eigenvalue weighted by Gasteiger charge is 2.41. The van der Waals surface area contributed by atoms with Crippen molar-refractivity contribution in [2.75, 3.05) is 36.8 Å². The highest BCUT2D eigenvalue weighted by atomic mass is 16.4. The molecular weight excluding hydrogens is 881 g/mol. The van der Waals surface area contributed by atoms with Crippen molar-refractivity contribution < 1.29 is 37.6 Å². The number of hydrogen-bond donors (Lipinski definition) is 4. The first-order chi connectivity index (χ1) is 33.3. The van der Waals surface area contributed by atoms with E-state index in [4.69, 9.17) is 20.3 Å². The first-order valence-electron chi connectivity index (χ1n) is 24.1. The minimum Gasteiger partial charge on any atom is -0.430 e. The van der Waals surface area contributed by atoms with Gasteiger partial charge in [0.05, 0.1) is 28.8 Å². The predicted octanol–water partition coefficient (Wildman–Crippen LogP) is 7.21. The van der Waals surface area contributed by atoms with Crippen molar-refractivity contribution in [1.29, 1.82) is 5.26 Å². The molecule has 7 heterocycles. The molecule has 0 spiro atoms. The largest absolute Gasteiger partial charge is 0.430 e. The Morgan fingerprint density at radius 1 is 0.696 bits per heavy atom. The van der Waals surface area contributed by atoms with E-state index in [1.165, 1.54) is 0 Å². The summed E-state index contributed by atoms with van der Waals surface area (Å²) < 4.78 is 11.2. The summed E-state index contributed by atoms with van der Waals surface area (Å²) in [6, 6.07) is 16.5. The molecular formula is C51H58N10O8. The number of piperidine rings is 2. The molecule has 9 rings (SSSR count). The zero-order valence-corrected chi connectivity index (χ0v) is 39.0. The van der Waals surface area contributed by atoms with Crippen molar-refractivity contribution in [2.24, 2.45) is 29.2 Å². The third-order valence-electron chi connectivity index (χ3n) is 14.6. The molecule has 4 aliphatic rings. The molecule has 0 bridgehead atoms.